The summed E-state index contributed by atoms with van der Waals surface area (Å²) >= 11 is 0. The molecule has 0 radical (unpaired) electrons. The average molecular weight is 435 g/mol. The molecule has 0 atom stereocenters. The van der Waals surface area contributed by atoms with Crippen molar-refractivity contribution in [3.63, 3.8) is 0 Å². The molecule has 8 nitrogen and oxygen atoms in total. The molecule has 0 fully saturated rings. The maximum absolute atomic E-state index is 12.8. The topological polar surface area (TPSA) is 104 Å². The molecule has 1 aromatic heterocycles. The van der Waals surface area contributed by atoms with Crippen LogP contribution in [0.1, 0.15) is 21.8 Å². The molecular formula is C20H16F3N3O5. The number of alkyl halides is 3. The van der Waals surface area contributed by atoms with Gasteiger partial charge < -0.3 is 19.3 Å². The fourth-order valence-electron chi connectivity index (χ4n) is 2.54. The molecule has 11 heteroatoms. The van der Waals surface area contributed by atoms with Crippen LogP contribution in [0.15, 0.2) is 53.1 Å². The minimum atomic E-state index is -4.51. The molecule has 162 valence electrons. The third kappa shape index (κ3) is 5.59. The third-order valence-corrected chi connectivity index (χ3v) is 4.02. The van der Waals surface area contributed by atoms with Crippen molar-refractivity contribution in [2.75, 3.05) is 13.7 Å². The van der Waals surface area contributed by atoms with Gasteiger partial charge in [0.05, 0.1) is 18.2 Å². The van der Waals surface area contributed by atoms with E-state index in [9.17, 15) is 22.8 Å². The third-order valence-electron chi connectivity index (χ3n) is 4.02. The highest BCUT2D eigenvalue weighted by Gasteiger charge is 2.30. The van der Waals surface area contributed by atoms with E-state index < -0.39 is 36.8 Å². The van der Waals surface area contributed by atoms with E-state index in [0.29, 0.717) is 5.75 Å². The Hall–Kier alpha value is -3.89. The average Bonchev–Trinajstić information content (AvgIpc) is 3.24. The van der Waals surface area contributed by atoms with E-state index in [1.54, 1.807) is 18.2 Å². The summed E-state index contributed by atoms with van der Waals surface area (Å²) in [5.74, 6) is -1.15. The monoisotopic (exact) mass is 435 g/mol. The highest BCUT2D eigenvalue weighted by Crippen LogP contribution is 2.31. The maximum Gasteiger partial charge on any atom is 0.416 e. The number of halogens is 3. The first-order chi connectivity index (χ1) is 14.8. The lowest BCUT2D eigenvalue weighted by molar-refractivity contribution is -0.144. The van der Waals surface area contributed by atoms with Crippen molar-refractivity contribution in [1.29, 1.82) is 0 Å². The van der Waals surface area contributed by atoms with Gasteiger partial charge in [-0.15, -0.1) is 0 Å². The fourth-order valence-corrected chi connectivity index (χ4v) is 2.54. The van der Waals surface area contributed by atoms with Gasteiger partial charge in [0.1, 0.15) is 12.3 Å². The van der Waals surface area contributed by atoms with Crippen molar-refractivity contribution in [3.8, 4) is 17.1 Å². The first-order valence-corrected chi connectivity index (χ1v) is 8.85. The summed E-state index contributed by atoms with van der Waals surface area (Å²) in [6, 6.07) is 10.9. The van der Waals surface area contributed by atoms with Gasteiger partial charge in [0.2, 0.25) is 5.82 Å². The summed E-state index contributed by atoms with van der Waals surface area (Å²) in [6.45, 7) is -0.833. The molecule has 1 N–H and O–H groups in total. The Morgan fingerprint density at radius 3 is 2.65 bits per heavy atom. The molecule has 31 heavy (non-hydrogen) atoms. The summed E-state index contributed by atoms with van der Waals surface area (Å²) < 4.78 is 53.4. The number of carbonyl (C=O) groups excluding carboxylic acids is 2. The second kappa shape index (κ2) is 9.28. The number of hydrogen-bond acceptors (Lipinski definition) is 7. The zero-order chi connectivity index (χ0) is 22.4. The first kappa shape index (κ1) is 21.8. The van der Waals surface area contributed by atoms with Gasteiger partial charge in [-0.3, -0.25) is 9.59 Å². The van der Waals surface area contributed by atoms with Crippen molar-refractivity contribution in [2.24, 2.45) is 0 Å². The molecule has 3 aromatic rings. The standard InChI is InChI=1S/C20H16F3N3O5/c1-29-15-8-3-2-7-14(15)19(28)24-10-17(27)30-11-16-25-18(26-31-16)12-5-4-6-13(9-12)20(21,22)23/h2-9H,10-11H2,1H3,(H,24,28). The summed E-state index contributed by atoms with van der Waals surface area (Å²) in [5.41, 5.74) is -0.505. The van der Waals surface area contributed by atoms with Gasteiger partial charge in [-0.25, -0.2) is 0 Å². The Balaban J connectivity index is 1.54. The summed E-state index contributed by atoms with van der Waals surface area (Å²) in [5, 5.41) is 5.99. The Bertz CT molecular complexity index is 1080. The minimum Gasteiger partial charge on any atom is -0.496 e. The summed E-state index contributed by atoms with van der Waals surface area (Å²) in [6.07, 6.45) is -4.51. The highest BCUT2D eigenvalue weighted by molar-refractivity contribution is 5.98. The molecule has 0 aliphatic rings. The van der Waals surface area contributed by atoms with Crippen LogP contribution in [0.3, 0.4) is 0 Å². The minimum absolute atomic E-state index is 0.0818. The highest BCUT2D eigenvalue weighted by atomic mass is 19.4. The molecule has 0 unspecified atom stereocenters. The van der Waals surface area contributed by atoms with E-state index in [2.05, 4.69) is 15.5 Å². The number of benzene rings is 2. The van der Waals surface area contributed by atoms with E-state index in [4.69, 9.17) is 14.0 Å². The van der Waals surface area contributed by atoms with Gasteiger partial charge in [-0.2, -0.15) is 18.2 Å². The predicted molar refractivity (Wildman–Crippen MR) is 99.9 cm³/mol. The van der Waals surface area contributed by atoms with Gasteiger partial charge in [-0.05, 0) is 24.3 Å². The molecule has 0 aliphatic heterocycles. The Morgan fingerprint density at radius 2 is 1.90 bits per heavy atom. The number of methoxy groups -OCH3 is 1. The quantitative estimate of drug-likeness (QED) is 0.568. The smallest absolute Gasteiger partial charge is 0.416 e. The molecule has 2 aromatic carbocycles. The summed E-state index contributed by atoms with van der Waals surface area (Å²) in [7, 11) is 1.42. The van der Waals surface area contributed by atoms with Gasteiger partial charge in [0.15, 0.2) is 6.61 Å². The fraction of sp³-hybridized carbons (Fsp3) is 0.200. The van der Waals surface area contributed by atoms with E-state index >= 15 is 0 Å². The molecular weight excluding hydrogens is 419 g/mol. The number of ether oxygens (including phenoxy) is 2. The van der Waals surface area contributed by atoms with Gasteiger partial charge >= 0.3 is 12.1 Å². The molecule has 0 spiro atoms. The molecule has 0 saturated carbocycles. The van der Waals surface area contributed by atoms with Crippen LogP contribution >= 0.6 is 0 Å². The lowest BCUT2D eigenvalue weighted by atomic mass is 10.1. The number of para-hydroxylation sites is 1. The number of hydrogen-bond donors (Lipinski definition) is 1. The van der Waals surface area contributed by atoms with Crippen LogP contribution in [-0.4, -0.2) is 35.7 Å². The van der Waals surface area contributed by atoms with Gasteiger partial charge in [0.25, 0.3) is 11.8 Å². The number of nitrogens with one attached hydrogen (secondary N) is 1. The van der Waals surface area contributed by atoms with Gasteiger partial charge in [0, 0.05) is 5.56 Å². The van der Waals surface area contributed by atoms with Crippen LogP contribution in [0.4, 0.5) is 13.2 Å². The van der Waals surface area contributed by atoms with Crippen molar-refractivity contribution in [3.05, 3.63) is 65.5 Å². The van der Waals surface area contributed by atoms with E-state index in [1.807, 2.05) is 0 Å². The Kier molecular flexibility index (Phi) is 6.53. The van der Waals surface area contributed by atoms with Gasteiger partial charge in [-0.1, -0.05) is 29.4 Å². The van der Waals surface area contributed by atoms with Crippen molar-refractivity contribution >= 4 is 11.9 Å². The molecule has 3 rings (SSSR count). The number of aromatic nitrogens is 2. The molecule has 1 amide bonds. The first-order valence-electron chi connectivity index (χ1n) is 8.85. The van der Waals surface area contributed by atoms with E-state index in [-0.39, 0.29) is 22.8 Å². The van der Waals surface area contributed by atoms with E-state index in [0.717, 1.165) is 12.1 Å². The number of amides is 1. The number of nitrogens with zero attached hydrogens (tertiary/aromatic N) is 2. The Morgan fingerprint density at radius 1 is 1.13 bits per heavy atom. The van der Waals surface area contributed by atoms with Crippen LogP contribution in [-0.2, 0) is 22.3 Å². The lowest BCUT2D eigenvalue weighted by Gasteiger charge is -2.08. The predicted octanol–water partition coefficient (Wildman–Crippen LogP) is 3.24. The lowest BCUT2D eigenvalue weighted by Crippen LogP contribution is -2.30. The zero-order valence-corrected chi connectivity index (χ0v) is 16.1. The molecule has 0 bridgehead atoms. The number of rotatable bonds is 7. The number of esters is 1. The molecule has 1 heterocycles. The van der Waals surface area contributed by atoms with E-state index in [1.165, 1.54) is 25.3 Å². The Labute approximate surface area is 174 Å². The molecule has 0 saturated heterocycles. The second-order valence-electron chi connectivity index (χ2n) is 6.13. The summed E-state index contributed by atoms with van der Waals surface area (Å²) in [4.78, 5) is 27.9. The van der Waals surface area contributed by atoms with Crippen LogP contribution in [0.5, 0.6) is 5.75 Å². The van der Waals surface area contributed by atoms with Crippen molar-refractivity contribution in [2.45, 2.75) is 12.8 Å². The maximum atomic E-state index is 12.8. The number of carbonyl (C=O) groups is 2. The second-order valence-corrected chi connectivity index (χ2v) is 6.13. The largest absolute Gasteiger partial charge is 0.496 e. The molecule has 0 aliphatic carbocycles. The zero-order valence-electron chi connectivity index (χ0n) is 16.1. The van der Waals surface area contributed by atoms with Crippen LogP contribution in [0.2, 0.25) is 0 Å². The van der Waals surface area contributed by atoms with Crippen LogP contribution in [0.25, 0.3) is 11.4 Å². The van der Waals surface area contributed by atoms with Crippen molar-refractivity contribution in [1.82, 2.24) is 15.5 Å². The van der Waals surface area contributed by atoms with Crippen molar-refractivity contribution < 1.29 is 36.8 Å². The normalized spacial score (nSPS) is 11.1. The van der Waals surface area contributed by atoms with Crippen LogP contribution < -0.4 is 10.1 Å². The SMILES string of the molecule is COc1ccccc1C(=O)NCC(=O)OCc1nc(-c2cccc(C(F)(F)F)c2)no1. The van der Waals surface area contributed by atoms with Crippen LogP contribution in [0, 0.1) is 0 Å².